The Hall–Kier alpha value is -6.65. The molecule has 4 heteroatoms. The Morgan fingerprint density at radius 2 is 1.10 bits per heavy atom. The second-order valence-electron chi connectivity index (χ2n) is 14.0. The number of rotatable bonds is 4. The molecule has 2 aromatic heterocycles. The molecule has 0 fully saturated rings. The maximum absolute atomic E-state index is 5.20. The maximum atomic E-state index is 5.20. The minimum Gasteiger partial charge on any atom is -0.308 e. The Morgan fingerprint density at radius 3 is 1.87 bits per heavy atom. The van der Waals surface area contributed by atoms with E-state index in [2.05, 4.69) is 133 Å². The van der Waals surface area contributed by atoms with E-state index in [-0.39, 0.29) is 0 Å². The van der Waals surface area contributed by atoms with Crippen LogP contribution in [-0.2, 0) is 0 Å². The third kappa shape index (κ3) is 4.18. The Kier molecular flexibility index (Phi) is 6.26. The van der Waals surface area contributed by atoms with Gasteiger partial charge < -0.3 is 4.57 Å². The highest BCUT2D eigenvalue weighted by atomic mass is 15.1. The van der Waals surface area contributed by atoms with Crippen LogP contribution < -0.4 is 0 Å². The van der Waals surface area contributed by atoms with Gasteiger partial charge in [0, 0.05) is 38.2 Å². The molecule has 2 heterocycles. The Morgan fingerprint density at radius 1 is 0.500 bits per heavy atom. The summed E-state index contributed by atoms with van der Waals surface area (Å²) in [5.74, 6) is 2.41. The number of fused-ring (bicyclic) bond motifs is 5. The lowest BCUT2D eigenvalue weighted by Crippen LogP contribution is -2.04. The summed E-state index contributed by atoms with van der Waals surface area (Å²) in [7, 11) is 0. The Labute approximate surface area is 301 Å². The summed E-state index contributed by atoms with van der Waals surface area (Å²) in [6.45, 7) is 2.33. The van der Waals surface area contributed by atoms with Crippen LogP contribution in [0.25, 0.3) is 94.3 Å². The van der Waals surface area contributed by atoms with Gasteiger partial charge in [-0.25, -0.2) is 15.0 Å². The van der Waals surface area contributed by atoms with Crippen molar-refractivity contribution < 1.29 is 0 Å². The van der Waals surface area contributed by atoms with E-state index < -0.39 is 0 Å². The molecule has 0 saturated heterocycles. The van der Waals surface area contributed by atoms with Crippen molar-refractivity contribution in [2.24, 2.45) is 5.92 Å². The molecule has 0 spiro atoms. The quantitative estimate of drug-likeness (QED) is 0.176. The van der Waals surface area contributed by atoms with Gasteiger partial charge in [0.25, 0.3) is 0 Å². The van der Waals surface area contributed by atoms with Crippen molar-refractivity contribution in [2.75, 3.05) is 0 Å². The number of hydrogen-bond donors (Lipinski definition) is 0. The first kappa shape index (κ1) is 29.1. The molecule has 4 nitrogen and oxygen atoms in total. The first-order chi connectivity index (χ1) is 25.7. The molecule has 0 saturated carbocycles. The van der Waals surface area contributed by atoms with E-state index in [0.717, 1.165) is 28.8 Å². The summed E-state index contributed by atoms with van der Waals surface area (Å²) in [6.07, 6.45) is 5.76. The molecule has 0 amide bonds. The highest BCUT2D eigenvalue weighted by Crippen LogP contribution is 2.52. The fourth-order valence-electron chi connectivity index (χ4n) is 8.69. The monoisotopic (exact) mass is 664 g/mol. The van der Waals surface area contributed by atoms with Gasteiger partial charge in [0.15, 0.2) is 17.5 Å². The van der Waals surface area contributed by atoms with Crippen LogP contribution in [0.4, 0.5) is 0 Å². The van der Waals surface area contributed by atoms with Gasteiger partial charge in [0.1, 0.15) is 0 Å². The summed E-state index contributed by atoms with van der Waals surface area (Å²) in [5.41, 5.74) is 11.7. The fraction of sp³-hybridized carbons (Fsp3) is 0.0625. The van der Waals surface area contributed by atoms with E-state index in [0.29, 0.717) is 23.4 Å². The van der Waals surface area contributed by atoms with E-state index in [9.17, 15) is 0 Å². The largest absolute Gasteiger partial charge is 0.308 e. The molecule has 1 atom stereocenters. The Bertz CT molecular complexity index is 2930. The summed E-state index contributed by atoms with van der Waals surface area (Å²) in [5, 5.41) is 7.73. The molecule has 9 aromatic rings. The molecule has 2 aliphatic carbocycles. The molecule has 7 aromatic carbocycles. The van der Waals surface area contributed by atoms with Gasteiger partial charge in [-0.05, 0) is 63.6 Å². The van der Waals surface area contributed by atoms with E-state index in [1.165, 1.54) is 65.6 Å². The number of aromatic nitrogens is 4. The normalized spacial score (nSPS) is 15.0. The number of benzene rings is 7. The molecule has 0 bridgehead atoms. The van der Waals surface area contributed by atoms with Crippen LogP contribution in [0.1, 0.15) is 24.5 Å². The second-order valence-corrected chi connectivity index (χ2v) is 14.0. The molecule has 244 valence electrons. The zero-order valence-corrected chi connectivity index (χ0v) is 28.6. The standard InChI is InChI=1S/C48H32N4/c1-29-26-27-33-35-22-12-21-34-32-18-8-9-19-37(32)45-44(42(34)35)43-36(39(33)28-29)23-13-25-41(43)52(45)40-24-11-10-20-38(40)48-50-46(30-14-4-2-5-15-30)49-47(51-48)31-16-6-3-7-17-31/h2-27,29H,28H2,1H3. The van der Waals surface area contributed by atoms with Crippen LogP contribution in [0.15, 0.2) is 158 Å². The number of nitrogens with zero attached hydrogens (tertiary/aromatic N) is 4. The SMILES string of the molecule is CC1C=CC2=C(C1)c1cccc3c1c1c4c2cccc4c2ccccc2c1n3-c1ccccc1-c1nc(-c2ccccc2)nc(-c2ccccc2)n1. The van der Waals surface area contributed by atoms with Crippen LogP contribution >= 0.6 is 0 Å². The lowest BCUT2D eigenvalue weighted by atomic mass is 9.83. The average Bonchev–Trinajstić information content (AvgIpc) is 3.51. The molecule has 0 radical (unpaired) electrons. The lowest BCUT2D eigenvalue weighted by Gasteiger charge is -2.22. The van der Waals surface area contributed by atoms with Gasteiger partial charge in [-0.1, -0.05) is 146 Å². The highest BCUT2D eigenvalue weighted by Gasteiger charge is 2.29. The molecule has 11 rings (SSSR count). The minimum absolute atomic E-state index is 0.466. The van der Waals surface area contributed by atoms with Crippen LogP contribution in [0.5, 0.6) is 0 Å². The van der Waals surface area contributed by atoms with Crippen LogP contribution in [0.3, 0.4) is 0 Å². The molecule has 1 unspecified atom stereocenters. The third-order valence-electron chi connectivity index (χ3n) is 10.9. The zero-order chi connectivity index (χ0) is 34.3. The van der Waals surface area contributed by atoms with Crippen molar-refractivity contribution in [1.82, 2.24) is 19.5 Å². The molecular formula is C48H32N4. The second kappa shape index (κ2) is 11.2. The fourth-order valence-corrected chi connectivity index (χ4v) is 8.69. The van der Waals surface area contributed by atoms with Gasteiger partial charge in [-0.3, -0.25) is 0 Å². The van der Waals surface area contributed by atoms with E-state index in [1.807, 2.05) is 36.4 Å². The van der Waals surface area contributed by atoms with Gasteiger partial charge in [0.2, 0.25) is 0 Å². The first-order valence-corrected chi connectivity index (χ1v) is 18.0. The topological polar surface area (TPSA) is 43.6 Å². The van der Waals surface area contributed by atoms with Gasteiger partial charge in [0.05, 0.1) is 16.7 Å². The summed E-state index contributed by atoms with van der Waals surface area (Å²) < 4.78 is 2.49. The van der Waals surface area contributed by atoms with E-state index >= 15 is 0 Å². The van der Waals surface area contributed by atoms with E-state index in [4.69, 9.17) is 15.0 Å². The minimum atomic E-state index is 0.466. The molecule has 52 heavy (non-hydrogen) atoms. The smallest absolute Gasteiger partial charge is 0.166 e. The van der Waals surface area contributed by atoms with Crippen molar-refractivity contribution in [3.8, 4) is 39.9 Å². The first-order valence-electron chi connectivity index (χ1n) is 18.0. The van der Waals surface area contributed by atoms with Crippen LogP contribution in [-0.4, -0.2) is 19.5 Å². The summed E-state index contributed by atoms with van der Waals surface area (Å²) >= 11 is 0. The van der Waals surface area contributed by atoms with Gasteiger partial charge in [-0.15, -0.1) is 0 Å². The van der Waals surface area contributed by atoms with Crippen LogP contribution in [0.2, 0.25) is 0 Å². The lowest BCUT2D eigenvalue weighted by molar-refractivity contribution is 0.751. The molecule has 2 aliphatic rings. The van der Waals surface area contributed by atoms with Crippen molar-refractivity contribution in [2.45, 2.75) is 13.3 Å². The zero-order valence-electron chi connectivity index (χ0n) is 28.6. The maximum Gasteiger partial charge on any atom is 0.166 e. The molecule has 0 N–H and O–H groups in total. The van der Waals surface area contributed by atoms with Crippen LogP contribution in [0, 0.1) is 5.92 Å². The summed E-state index contributed by atoms with van der Waals surface area (Å²) in [6, 6.07) is 51.7. The molecule has 0 aliphatic heterocycles. The van der Waals surface area contributed by atoms with Gasteiger partial charge >= 0.3 is 0 Å². The predicted octanol–water partition coefficient (Wildman–Crippen LogP) is 12.1. The van der Waals surface area contributed by atoms with Crippen molar-refractivity contribution in [1.29, 1.82) is 0 Å². The number of allylic oxidation sites excluding steroid dienone is 4. The predicted molar refractivity (Wildman–Crippen MR) is 215 cm³/mol. The van der Waals surface area contributed by atoms with E-state index in [1.54, 1.807) is 0 Å². The number of para-hydroxylation sites is 1. The third-order valence-corrected chi connectivity index (χ3v) is 10.9. The van der Waals surface area contributed by atoms with Crippen molar-refractivity contribution >= 4 is 54.5 Å². The van der Waals surface area contributed by atoms with Crippen molar-refractivity contribution in [3.05, 3.63) is 169 Å². The number of hydrogen-bond acceptors (Lipinski definition) is 3. The van der Waals surface area contributed by atoms with Crippen molar-refractivity contribution in [3.63, 3.8) is 0 Å². The average molecular weight is 665 g/mol. The Balaban J connectivity index is 1.29. The van der Waals surface area contributed by atoms with Gasteiger partial charge in [-0.2, -0.15) is 0 Å². The molecular weight excluding hydrogens is 633 g/mol. The summed E-state index contributed by atoms with van der Waals surface area (Å²) in [4.78, 5) is 15.4. The highest BCUT2D eigenvalue weighted by molar-refractivity contribution is 6.37.